The SMILES string of the molecule is COc1ccc(OC)c(NS(=O)(=O)c2ccc(NC(=O)CN(c3cc(C)ccc3C)S(=O)(=O)N(C)C)cc2)c1. The average molecular weight is 577 g/mol. The highest BCUT2D eigenvalue weighted by Crippen LogP contribution is 2.31. The third-order valence-corrected chi connectivity index (χ3v) is 8.95. The lowest BCUT2D eigenvalue weighted by molar-refractivity contribution is -0.114. The second-order valence-electron chi connectivity index (χ2n) is 8.83. The number of benzene rings is 3. The first-order valence-corrected chi connectivity index (χ1v) is 14.6. The summed E-state index contributed by atoms with van der Waals surface area (Å²) in [6.45, 7) is 3.11. The van der Waals surface area contributed by atoms with Gasteiger partial charge in [0.15, 0.2) is 0 Å². The molecule has 0 radical (unpaired) electrons. The molecule has 0 fully saturated rings. The minimum Gasteiger partial charge on any atom is -0.497 e. The first-order valence-electron chi connectivity index (χ1n) is 11.7. The zero-order valence-corrected chi connectivity index (χ0v) is 24.2. The highest BCUT2D eigenvalue weighted by molar-refractivity contribution is 7.92. The summed E-state index contributed by atoms with van der Waals surface area (Å²) in [5.41, 5.74) is 2.41. The maximum absolute atomic E-state index is 13.1. The lowest BCUT2D eigenvalue weighted by atomic mass is 10.1. The number of hydrogen-bond donors (Lipinski definition) is 2. The summed E-state index contributed by atoms with van der Waals surface area (Å²) < 4.78 is 67.0. The van der Waals surface area contributed by atoms with Crippen LogP contribution in [-0.4, -0.2) is 61.9 Å². The normalized spacial score (nSPS) is 11.7. The van der Waals surface area contributed by atoms with Crippen molar-refractivity contribution in [2.45, 2.75) is 18.7 Å². The van der Waals surface area contributed by atoms with Gasteiger partial charge in [0, 0.05) is 25.8 Å². The zero-order chi connectivity index (χ0) is 29.0. The van der Waals surface area contributed by atoms with Crippen LogP contribution in [0.15, 0.2) is 65.6 Å². The third kappa shape index (κ3) is 6.99. The van der Waals surface area contributed by atoms with Crippen LogP contribution >= 0.6 is 0 Å². The van der Waals surface area contributed by atoms with E-state index in [1.54, 1.807) is 31.2 Å². The fourth-order valence-corrected chi connectivity index (χ4v) is 5.80. The molecule has 1 amide bonds. The smallest absolute Gasteiger partial charge is 0.304 e. The number of anilines is 3. The minimum absolute atomic E-state index is 0.0578. The molecular formula is C26H32N4O7S2. The molecular weight excluding hydrogens is 544 g/mol. The van der Waals surface area contributed by atoms with E-state index in [1.807, 2.05) is 13.0 Å². The van der Waals surface area contributed by atoms with Gasteiger partial charge in [0.1, 0.15) is 18.0 Å². The van der Waals surface area contributed by atoms with Crippen LogP contribution in [0.4, 0.5) is 17.1 Å². The Kier molecular flexibility index (Phi) is 9.10. The Morgan fingerprint density at radius 3 is 2.13 bits per heavy atom. The van der Waals surface area contributed by atoms with Crippen molar-refractivity contribution in [2.75, 3.05) is 49.2 Å². The largest absolute Gasteiger partial charge is 0.497 e. The van der Waals surface area contributed by atoms with Crippen LogP contribution in [0, 0.1) is 13.8 Å². The van der Waals surface area contributed by atoms with Gasteiger partial charge < -0.3 is 14.8 Å². The molecule has 0 atom stereocenters. The van der Waals surface area contributed by atoms with Gasteiger partial charge in [0.05, 0.1) is 30.5 Å². The second-order valence-corrected chi connectivity index (χ2v) is 12.6. The summed E-state index contributed by atoms with van der Waals surface area (Å²) in [4.78, 5) is 12.9. The second kappa shape index (κ2) is 11.9. The average Bonchev–Trinajstić information content (AvgIpc) is 2.88. The number of ether oxygens (including phenoxy) is 2. The molecule has 3 aromatic carbocycles. The lowest BCUT2D eigenvalue weighted by Gasteiger charge is -2.28. The van der Waals surface area contributed by atoms with Crippen LogP contribution < -0.4 is 23.8 Å². The number of methoxy groups -OCH3 is 2. The Hall–Kier alpha value is -3.81. The third-order valence-electron chi connectivity index (χ3n) is 5.76. The standard InChI is InChI=1S/C26H32N4O7S2/c1-18-7-8-19(2)24(15-18)30(39(34,35)29(3)4)17-26(31)27-20-9-12-22(13-10-20)38(32,33)28-23-16-21(36-5)11-14-25(23)37-6/h7-16,28H,17H2,1-6H3,(H,27,31). The van der Waals surface area contributed by atoms with E-state index in [4.69, 9.17) is 9.47 Å². The number of aryl methyl sites for hydroxylation is 2. The summed E-state index contributed by atoms with van der Waals surface area (Å²) in [5.74, 6) is 0.151. The summed E-state index contributed by atoms with van der Waals surface area (Å²) >= 11 is 0. The van der Waals surface area contributed by atoms with Crippen molar-refractivity contribution in [3.05, 3.63) is 71.8 Å². The number of sulfonamides is 1. The Labute approximate surface area is 229 Å². The number of rotatable bonds is 11. The maximum atomic E-state index is 13.1. The van der Waals surface area contributed by atoms with Crippen LogP contribution in [0.5, 0.6) is 11.5 Å². The van der Waals surface area contributed by atoms with E-state index in [-0.39, 0.29) is 10.6 Å². The molecule has 3 rings (SSSR count). The number of carbonyl (C=O) groups excluding carboxylic acids is 1. The fraction of sp³-hybridized carbons (Fsp3) is 0.269. The lowest BCUT2D eigenvalue weighted by Crippen LogP contribution is -2.44. The van der Waals surface area contributed by atoms with E-state index in [2.05, 4.69) is 10.0 Å². The Bertz CT molecular complexity index is 1560. The Balaban J connectivity index is 1.80. The monoisotopic (exact) mass is 576 g/mol. The van der Waals surface area contributed by atoms with Crippen molar-refractivity contribution < 1.29 is 31.1 Å². The number of nitrogens with one attached hydrogen (secondary N) is 2. The van der Waals surface area contributed by atoms with E-state index >= 15 is 0 Å². The summed E-state index contributed by atoms with van der Waals surface area (Å²) in [5, 5.41) is 2.63. The van der Waals surface area contributed by atoms with Gasteiger partial charge in [-0.3, -0.25) is 9.52 Å². The van der Waals surface area contributed by atoms with Gasteiger partial charge >= 0.3 is 10.2 Å². The van der Waals surface area contributed by atoms with Crippen LogP contribution in [0.25, 0.3) is 0 Å². The van der Waals surface area contributed by atoms with E-state index in [1.165, 1.54) is 58.6 Å². The van der Waals surface area contributed by atoms with Crippen molar-refractivity contribution in [1.82, 2.24) is 4.31 Å². The number of carbonyl (C=O) groups is 1. The fourth-order valence-electron chi connectivity index (χ4n) is 3.62. The molecule has 39 heavy (non-hydrogen) atoms. The van der Waals surface area contributed by atoms with Gasteiger partial charge in [0.2, 0.25) is 5.91 Å². The van der Waals surface area contributed by atoms with E-state index in [9.17, 15) is 21.6 Å². The number of nitrogens with zero attached hydrogens (tertiary/aromatic N) is 2. The van der Waals surface area contributed by atoms with E-state index < -0.39 is 32.7 Å². The molecule has 2 N–H and O–H groups in total. The summed E-state index contributed by atoms with van der Waals surface area (Å²) in [7, 11) is -2.33. The Morgan fingerprint density at radius 2 is 1.54 bits per heavy atom. The maximum Gasteiger partial charge on any atom is 0.304 e. The molecule has 13 heteroatoms. The molecule has 0 aromatic heterocycles. The summed E-state index contributed by atoms with van der Waals surface area (Å²) in [6.07, 6.45) is 0. The predicted octanol–water partition coefficient (Wildman–Crippen LogP) is 3.37. The molecule has 3 aromatic rings. The molecule has 0 saturated heterocycles. The van der Waals surface area contributed by atoms with Crippen LogP contribution in [-0.2, 0) is 25.0 Å². The minimum atomic E-state index is -4.00. The topological polar surface area (TPSA) is 134 Å². The van der Waals surface area contributed by atoms with Gasteiger partial charge in [-0.15, -0.1) is 0 Å². The van der Waals surface area contributed by atoms with E-state index in [0.717, 1.165) is 14.2 Å². The van der Waals surface area contributed by atoms with E-state index in [0.29, 0.717) is 28.4 Å². The molecule has 0 aliphatic heterocycles. The quantitative estimate of drug-likeness (QED) is 0.357. The van der Waals surface area contributed by atoms with Crippen molar-refractivity contribution in [2.24, 2.45) is 0 Å². The highest BCUT2D eigenvalue weighted by Gasteiger charge is 2.28. The molecule has 0 bridgehead atoms. The molecule has 0 heterocycles. The van der Waals surface area contributed by atoms with Gasteiger partial charge in [-0.25, -0.2) is 12.7 Å². The first kappa shape index (κ1) is 29.7. The zero-order valence-electron chi connectivity index (χ0n) is 22.5. The van der Waals surface area contributed by atoms with Crippen LogP contribution in [0.3, 0.4) is 0 Å². The number of hydrogen-bond acceptors (Lipinski definition) is 7. The molecule has 0 saturated carbocycles. The van der Waals surface area contributed by atoms with Gasteiger partial charge in [0.25, 0.3) is 10.0 Å². The predicted molar refractivity (Wildman–Crippen MR) is 151 cm³/mol. The van der Waals surface area contributed by atoms with Crippen LogP contribution in [0.1, 0.15) is 11.1 Å². The summed E-state index contributed by atoms with van der Waals surface area (Å²) in [6, 6.07) is 15.5. The molecule has 0 aliphatic carbocycles. The number of amides is 1. The van der Waals surface area contributed by atoms with Crippen molar-refractivity contribution in [1.29, 1.82) is 0 Å². The van der Waals surface area contributed by atoms with Crippen molar-refractivity contribution in [3.8, 4) is 11.5 Å². The van der Waals surface area contributed by atoms with Gasteiger partial charge in [-0.1, -0.05) is 12.1 Å². The highest BCUT2D eigenvalue weighted by atomic mass is 32.2. The van der Waals surface area contributed by atoms with Gasteiger partial charge in [-0.05, 0) is 67.4 Å². The molecule has 0 aliphatic rings. The Morgan fingerprint density at radius 1 is 0.872 bits per heavy atom. The van der Waals surface area contributed by atoms with Crippen molar-refractivity contribution >= 4 is 43.2 Å². The van der Waals surface area contributed by atoms with Crippen LogP contribution in [0.2, 0.25) is 0 Å². The molecule has 11 nitrogen and oxygen atoms in total. The van der Waals surface area contributed by atoms with Gasteiger partial charge in [-0.2, -0.15) is 12.7 Å². The molecule has 0 spiro atoms. The molecule has 0 unspecified atom stereocenters. The molecule has 210 valence electrons. The van der Waals surface area contributed by atoms with Crippen molar-refractivity contribution in [3.63, 3.8) is 0 Å². The first-order chi connectivity index (χ1) is 18.3.